The van der Waals surface area contributed by atoms with Gasteiger partial charge < -0.3 is 20.6 Å². The first-order valence-electron chi connectivity index (χ1n) is 13.1. The molecule has 0 aliphatic rings. The highest BCUT2D eigenvalue weighted by Crippen LogP contribution is 2.10. The lowest BCUT2D eigenvalue weighted by Gasteiger charge is -2.20. The summed E-state index contributed by atoms with van der Waals surface area (Å²) in [6.07, 6.45) is 23.1. The van der Waals surface area contributed by atoms with Crippen LogP contribution in [0, 0.1) is 0 Å². The Morgan fingerprint density at radius 3 is 1.91 bits per heavy atom. The van der Waals surface area contributed by atoms with Crippen LogP contribution in [-0.4, -0.2) is 46.1 Å². The lowest BCUT2D eigenvalue weighted by atomic mass is 10.1. The molecule has 5 heteroatoms. The summed E-state index contributed by atoms with van der Waals surface area (Å²) in [6, 6.07) is -0.751. The van der Waals surface area contributed by atoms with E-state index in [0.29, 0.717) is 6.42 Å². The average molecular weight is 454 g/mol. The van der Waals surface area contributed by atoms with Crippen molar-refractivity contribution in [3.05, 3.63) is 24.3 Å². The molecule has 3 unspecified atom stereocenters. The molecular formula is C27H51NO4. The number of unbranched alkanes of at least 4 members (excludes halogenated alkanes) is 12. The van der Waals surface area contributed by atoms with Crippen LogP contribution in [0.4, 0.5) is 0 Å². The Kier molecular flexibility index (Phi) is 22.2. The number of hydrogen-bond acceptors (Lipinski definition) is 4. The molecule has 0 radical (unpaired) electrons. The second kappa shape index (κ2) is 23.0. The van der Waals surface area contributed by atoms with Gasteiger partial charge in [-0.05, 0) is 32.1 Å². The largest absolute Gasteiger partial charge is 0.394 e. The molecule has 0 aromatic rings. The molecule has 3 atom stereocenters. The van der Waals surface area contributed by atoms with Gasteiger partial charge in [-0.3, -0.25) is 4.79 Å². The molecule has 0 saturated carbocycles. The van der Waals surface area contributed by atoms with Gasteiger partial charge in [-0.2, -0.15) is 0 Å². The molecule has 0 aromatic heterocycles. The molecule has 32 heavy (non-hydrogen) atoms. The highest BCUT2D eigenvalue weighted by atomic mass is 16.3. The van der Waals surface area contributed by atoms with Crippen molar-refractivity contribution in [3.8, 4) is 0 Å². The monoisotopic (exact) mass is 453 g/mol. The average Bonchev–Trinajstić information content (AvgIpc) is 2.77. The first-order chi connectivity index (χ1) is 15.5. The first kappa shape index (κ1) is 30.8. The smallest absolute Gasteiger partial charge is 0.223 e. The van der Waals surface area contributed by atoms with Gasteiger partial charge >= 0.3 is 0 Å². The normalized spacial score (nSPS) is 14.8. The summed E-state index contributed by atoms with van der Waals surface area (Å²) in [4.78, 5) is 12.1. The standard InChI is InChI=1S/C27H51NO4/c1-3-5-7-9-11-12-13-15-17-19-21-26(31)25(23-29)28-27(32)22-24(30)20-18-16-14-10-8-6-4-2/h16,18-19,21,24-26,29-31H,3-15,17,20,22-23H2,1-2H3,(H,28,32)/b18-16-,21-19+. The quantitative estimate of drug-likeness (QED) is 0.127. The zero-order valence-corrected chi connectivity index (χ0v) is 20.8. The second-order valence-electron chi connectivity index (χ2n) is 8.95. The SMILES string of the molecule is CCCCCC/C=C\CC(O)CC(=O)NC(CO)C(O)/C=C/CCCCCCCCCC. The van der Waals surface area contributed by atoms with E-state index in [1.807, 2.05) is 12.2 Å². The van der Waals surface area contributed by atoms with E-state index in [0.717, 1.165) is 25.7 Å². The molecule has 0 rings (SSSR count). The molecule has 0 aliphatic heterocycles. The van der Waals surface area contributed by atoms with Crippen LogP contribution < -0.4 is 5.32 Å². The number of rotatable bonds is 22. The van der Waals surface area contributed by atoms with E-state index in [9.17, 15) is 20.1 Å². The molecule has 0 spiro atoms. The van der Waals surface area contributed by atoms with Crippen molar-refractivity contribution < 1.29 is 20.1 Å². The summed E-state index contributed by atoms with van der Waals surface area (Å²) in [5, 5.41) is 32.4. The third-order valence-electron chi connectivity index (χ3n) is 5.73. The number of amides is 1. The molecule has 4 N–H and O–H groups in total. The van der Waals surface area contributed by atoms with Crippen LogP contribution in [0.3, 0.4) is 0 Å². The minimum absolute atomic E-state index is 0.0363. The third-order valence-corrected chi connectivity index (χ3v) is 5.73. The fraction of sp³-hybridized carbons (Fsp3) is 0.815. The summed E-state index contributed by atoms with van der Waals surface area (Å²) < 4.78 is 0. The van der Waals surface area contributed by atoms with Gasteiger partial charge in [-0.15, -0.1) is 0 Å². The summed E-state index contributed by atoms with van der Waals surface area (Å²) in [6.45, 7) is 4.07. The molecular weight excluding hydrogens is 402 g/mol. The Labute approximate surface area is 197 Å². The van der Waals surface area contributed by atoms with Gasteiger partial charge in [0.1, 0.15) is 0 Å². The van der Waals surface area contributed by atoms with Crippen LogP contribution >= 0.6 is 0 Å². The molecule has 0 fully saturated rings. The van der Waals surface area contributed by atoms with Crippen molar-refractivity contribution in [2.45, 2.75) is 135 Å². The number of nitrogens with one attached hydrogen (secondary N) is 1. The number of carbonyl (C=O) groups excluding carboxylic acids is 1. The first-order valence-corrected chi connectivity index (χ1v) is 13.1. The van der Waals surface area contributed by atoms with E-state index in [1.54, 1.807) is 6.08 Å². The summed E-state index contributed by atoms with van der Waals surface area (Å²) in [7, 11) is 0. The van der Waals surface area contributed by atoms with Crippen molar-refractivity contribution >= 4 is 5.91 Å². The summed E-state index contributed by atoms with van der Waals surface area (Å²) in [5.74, 6) is -0.358. The predicted octanol–water partition coefficient (Wildman–Crippen LogP) is 5.58. The van der Waals surface area contributed by atoms with Crippen molar-refractivity contribution in [3.63, 3.8) is 0 Å². The van der Waals surface area contributed by atoms with Crippen molar-refractivity contribution in [2.75, 3.05) is 6.61 Å². The van der Waals surface area contributed by atoms with Crippen molar-refractivity contribution in [1.29, 1.82) is 0 Å². The van der Waals surface area contributed by atoms with Crippen LogP contribution in [0.25, 0.3) is 0 Å². The zero-order valence-electron chi connectivity index (χ0n) is 20.8. The topological polar surface area (TPSA) is 89.8 Å². The Morgan fingerprint density at radius 1 is 0.781 bits per heavy atom. The van der Waals surface area contributed by atoms with Crippen LogP contribution in [0.5, 0.6) is 0 Å². The van der Waals surface area contributed by atoms with Crippen LogP contribution in [0.1, 0.15) is 117 Å². The van der Waals surface area contributed by atoms with E-state index >= 15 is 0 Å². The number of allylic oxidation sites excluding steroid dienone is 2. The van der Waals surface area contributed by atoms with Crippen LogP contribution in [0.15, 0.2) is 24.3 Å². The number of carbonyl (C=O) groups is 1. The third kappa shape index (κ3) is 19.5. The summed E-state index contributed by atoms with van der Waals surface area (Å²) in [5.41, 5.74) is 0. The Hall–Kier alpha value is -1.17. The molecule has 0 aromatic carbocycles. The fourth-order valence-corrected chi connectivity index (χ4v) is 3.63. The van der Waals surface area contributed by atoms with Gasteiger partial charge in [-0.1, -0.05) is 102 Å². The molecule has 0 aliphatic carbocycles. The van der Waals surface area contributed by atoms with E-state index in [1.165, 1.54) is 64.2 Å². The summed E-state index contributed by atoms with van der Waals surface area (Å²) >= 11 is 0. The fourth-order valence-electron chi connectivity index (χ4n) is 3.63. The van der Waals surface area contributed by atoms with E-state index in [2.05, 4.69) is 25.2 Å². The highest BCUT2D eigenvalue weighted by Gasteiger charge is 2.19. The van der Waals surface area contributed by atoms with Gasteiger partial charge in [-0.25, -0.2) is 0 Å². The van der Waals surface area contributed by atoms with Crippen LogP contribution in [0.2, 0.25) is 0 Å². The minimum Gasteiger partial charge on any atom is -0.394 e. The van der Waals surface area contributed by atoms with E-state index in [-0.39, 0.29) is 18.9 Å². The number of aliphatic hydroxyl groups excluding tert-OH is 3. The second-order valence-corrected chi connectivity index (χ2v) is 8.95. The maximum Gasteiger partial charge on any atom is 0.223 e. The lowest BCUT2D eigenvalue weighted by molar-refractivity contribution is -0.124. The maximum atomic E-state index is 12.1. The van der Waals surface area contributed by atoms with Gasteiger partial charge in [0.05, 0.1) is 31.3 Å². The van der Waals surface area contributed by atoms with Crippen LogP contribution in [-0.2, 0) is 4.79 Å². The number of hydrogen-bond donors (Lipinski definition) is 4. The molecule has 0 bridgehead atoms. The lowest BCUT2D eigenvalue weighted by Crippen LogP contribution is -2.45. The zero-order chi connectivity index (χ0) is 23.9. The van der Waals surface area contributed by atoms with E-state index < -0.39 is 18.2 Å². The molecule has 5 nitrogen and oxygen atoms in total. The van der Waals surface area contributed by atoms with Crippen molar-refractivity contribution in [2.24, 2.45) is 0 Å². The minimum atomic E-state index is -0.932. The Morgan fingerprint density at radius 2 is 1.31 bits per heavy atom. The van der Waals surface area contributed by atoms with Crippen molar-refractivity contribution in [1.82, 2.24) is 5.32 Å². The van der Waals surface area contributed by atoms with Gasteiger partial charge in [0, 0.05) is 0 Å². The van der Waals surface area contributed by atoms with Gasteiger partial charge in [0.25, 0.3) is 0 Å². The van der Waals surface area contributed by atoms with Gasteiger partial charge in [0.2, 0.25) is 5.91 Å². The molecule has 0 heterocycles. The van der Waals surface area contributed by atoms with E-state index in [4.69, 9.17) is 0 Å². The molecule has 188 valence electrons. The molecule has 1 amide bonds. The molecule has 0 saturated heterocycles. The highest BCUT2D eigenvalue weighted by molar-refractivity contribution is 5.76. The Bertz CT molecular complexity index is 478. The maximum absolute atomic E-state index is 12.1. The number of aliphatic hydroxyl groups is 3. The van der Waals surface area contributed by atoms with Gasteiger partial charge in [0.15, 0.2) is 0 Å². The Balaban J connectivity index is 3.97. The predicted molar refractivity (Wildman–Crippen MR) is 135 cm³/mol.